The summed E-state index contributed by atoms with van der Waals surface area (Å²) < 4.78 is 93.0. The highest BCUT2D eigenvalue weighted by Gasteiger charge is 2.37. The molecule has 0 unspecified atom stereocenters. The fourth-order valence-electron chi connectivity index (χ4n) is 2.36. The molecule has 146 valence electrons. The van der Waals surface area contributed by atoms with Crippen molar-refractivity contribution in [2.24, 2.45) is 0 Å². The van der Waals surface area contributed by atoms with Crippen LogP contribution in [0, 0.1) is 0 Å². The molecule has 0 heterocycles. The lowest BCUT2D eigenvalue weighted by atomic mass is 10.2. The Bertz CT molecular complexity index is 1060. The lowest BCUT2D eigenvalue weighted by Crippen LogP contribution is -2.26. The summed E-state index contributed by atoms with van der Waals surface area (Å²) in [6.07, 6.45) is -3.41. The van der Waals surface area contributed by atoms with Gasteiger partial charge in [0.2, 0.25) is 10.0 Å². The first-order chi connectivity index (χ1) is 12.5. The average molecular weight is 420 g/mol. The van der Waals surface area contributed by atoms with Gasteiger partial charge in [0.15, 0.2) is 0 Å². The number of alkyl halides is 3. The maximum Gasteiger partial charge on any atom is 0.417 e. The van der Waals surface area contributed by atoms with Crippen molar-refractivity contribution in [2.45, 2.75) is 34.9 Å². The zero-order valence-corrected chi connectivity index (χ0v) is 15.3. The van der Waals surface area contributed by atoms with Gasteiger partial charge in [0.25, 0.3) is 10.0 Å². The molecule has 0 aromatic heterocycles. The Kier molecular flexibility index (Phi) is 4.95. The van der Waals surface area contributed by atoms with Crippen molar-refractivity contribution in [3.8, 4) is 0 Å². The number of hydrogen-bond acceptors (Lipinski definition) is 4. The van der Waals surface area contributed by atoms with Gasteiger partial charge >= 0.3 is 6.18 Å². The van der Waals surface area contributed by atoms with Gasteiger partial charge in [0.1, 0.15) is 0 Å². The first-order valence-corrected chi connectivity index (χ1v) is 10.8. The summed E-state index contributed by atoms with van der Waals surface area (Å²) in [5.74, 6) is 0. The molecule has 6 nitrogen and oxygen atoms in total. The minimum atomic E-state index is -4.86. The van der Waals surface area contributed by atoms with Gasteiger partial charge in [-0.2, -0.15) is 13.2 Å². The van der Waals surface area contributed by atoms with Gasteiger partial charge in [-0.1, -0.05) is 18.2 Å². The Labute approximate surface area is 154 Å². The molecule has 2 aromatic carbocycles. The molecule has 11 heteroatoms. The van der Waals surface area contributed by atoms with Crippen LogP contribution in [0.4, 0.5) is 18.9 Å². The molecule has 0 spiro atoms. The topological polar surface area (TPSA) is 92.3 Å². The van der Waals surface area contributed by atoms with Crippen molar-refractivity contribution < 1.29 is 30.0 Å². The van der Waals surface area contributed by atoms with Gasteiger partial charge in [-0.3, -0.25) is 4.72 Å². The monoisotopic (exact) mass is 420 g/mol. The first kappa shape index (κ1) is 19.6. The van der Waals surface area contributed by atoms with Crippen LogP contribution in [0.3, 0.4) is 0 Å². The molecular formula is C16H15F3N2O4S2. The minimum absolute atomic E-state index is 0.144. The maximum absolute atomic E-state index is 13.1. The summed E-state index contributed by atoms with van der Waals surface area (Å²) >= 11 is 0. The number of benzene rings is 2. The van der Waals surface area contributed by atoms with Gasteiger partial charge in [-0.25, -0.2) is 21.6 Å². The largest absolute Gasteiger partial charge is 0.417 e. The van der Waals surface area contributed by atoms with E-state index in [1.54, 1.807) is 0 Å². The van der Waals surface area contributed by atoms with Crippen LogP contribution in [-0.4, -0.2) is 22.9 Å². The third kappa shape index (κ3) is 4.60. The van der Waals surface area contributed by atoms with E-state index in [2.05, 4.69) is 4.72 Å². The summed E-state index contributed by atoms with van der Waals surface area (Å²) in [6, 6.07) is 8.48. The molecular weight excluding hydrogens is 405 g/mol. The van der Waals surface area contributed by atoms with Crippen molar-refractivity contribution in [1.29, 1.82) is 0 Å². The van der Waals surface area contributed by atoms with Crippen LogP contribution in [0.2, 0.25) is 0 Å². The summed E-state index contributed by atoms with van der Waals surface area (Å²) in [5, 5.41) is 0. The fourth-order valence-corrected chi connectivity index (χ4v) is 4.99. The molecule has 27 heavy (non-hydrogen) atoms. The van der Waals surface area contributed by atoms with E-state index in [0.29, 0.717) is 6.07 Å². The SMILES string of the molecule is O=S(=O)(NC1CC1)c1cccc(NS(=O)(=O)c2ccccc2C(F)(F)F)c1. The van der Waals surface area contributed by atoms with Crippen LogP contribution < -0.4 is 9.44 Å². The van der Waals surface area contributed by atoms with Crippen LogP contribution in [0.1, 0.15) is 18.4 Å². The standard InChI is InChI=1S/C16H15F3N2O4S2/c17-16(18,19)14-6-1-2-7-15(14)27(24,25)21-12-4-3-5-13(10-12)26(22,23)20-11-8-9-11/h1-7,10-11,20-21H,8-9H2. The van der Waals surface area contributed by atoms with Crippen molar-refractivity contribution >= 4 is 25.7 Å². The van der Waals surface area contributed by atoms with E-state index < -0.39 is 36.7 Å². The Morgan fingerprint density at radius 3 is 2.19 bits per heavy atom. The van der Waals surface area contributed by atoms with Gasteiger partial charge < -0.3 is 0 Å². The van der Waals surface area contributed by atoms with Crippen LogP contribution in [0.5, 0.6) is 0 Å². The van der Waals surface area contributed by atoms with Crippen molar-refractivity contribution in [2.75, 3.05) is 4.72 Å². The van der Waals surface area contributed by atoms with Crippen molar-refractivity contribution in [1.82, 2.24) is 4.72 Å². The van der Waals surface area contributed by atoms with Gasteiger partial charge in [0, 0.05) is 6.04 Å². The van der Waals surface area contributed by atoms with Gasteiger partial charge in [0.05, 0.1) is 21.0 Å². The Balaban J connectivity index is 1.93. The molecule has 0 aliphatic heterocycles. The zero-order chi connectivity index (χ0) is 19.9. The molecule has 1 saturated carbocycles. The quantitative estimate of drug-likeness (QED) is 0.752. The van der Waals surface area contributed by atoms with E-state index >= 15 is 0 Å². The maximum atomic E-state index is 13.1. The van der Waals surface area contributed by atoms with Gasteiger partial charge in [-0.05, 0) is 43.2 Å². The van der Waals surface area contributed by atoms with Crippen LogP contribution in [0.25, 0.3) is 0 Å². The summed E-state index contributed by atoms with van der Waals surface area (Å²) in [6.45, 7) is 0. The Morgan fingerprint density at radius 1 is 0.889 bits per heavy atom. The number of rotatable bonds is 6. The second kappa shape index (κ2) is 6.80. The lowest BCUT2D eigenvalue weighted by molar-refractivity contribution is -0.139. The highest BCUT2D eigenvalue weighted by Crippen LogP contribution is 2.34. The molecule has 0 radical (unpaired) electrons. The van der Waals surface area contributed by atoms with E-state index in [4.69, 9.17) is 0 Å². The molecule has 0 amide bonds. The minimum Gasteiger partial charge on any atom is -0.280 e. The average Bonchev–Trinajstić information content (AvgIpc) is 3.37. The molecule has 3 rings (SSSR count). The van der Waals surface area contributed by atoms with Crippen LogP contribution in [-0.2, 0) is 26.2 Å². The fraction of sp³-hybridized carbons (Fsp3) is 0.250. The number of sulfonamides is 2. The molecule has 2 aromatic rings. The van der Waals surface area contributed by atoms with E-state index in [9.17, 15) is 30.0 Å². The van der Waals surface area contributed by atoms with E-state index in [0.717, 1.165) is 31.0 Å². The third-order valence-electron chi connectivity index (χ3n) is 3.78. The first-order valence-electron chi connectivity index (χ1n) is 7.80. The zero-order valence-electron chi connectivity index (χ0n) is 13.7. The molecule has 0 atom stereocenters. The number of hydrogen-bond donors (Lipinski definition) is 2. The lowest BCUT2D eigenvalue weighted by Gasteiger charge is -2.15. The normalized spacial score (nSPS) is 15.5. The number of nitrogens with one attached hydrogen (secondary N) is 2. The van der Waals surface area contributed by atoms with Gasteiger partial charge in [-0.15, -0.1) is 0 Å². The Hall–Kier alpha value is -2.11. The smallest absolute Gasteiger partial charge is 0.280 e. The second-order valence-electron chi connectivity index (χ2n) is 6.02. The predicted molar refractivity (Wildman–Crippen MR) is 92.0 cm³/mol. The van der Waals surface area contributed by atoms with Crippen molar-refractivity contribution in [3.05, 3.63) is 54.1 Å². The van der Waals surface area contributed by atoms with E-state index in [1.807, 2.05) is 4.72 Å². The summed E-state index contributed by atoms with van der Waals surface area (Å²) in [7, 11) is -8.42. The summed E-state index contributed by atoms with van der Waals surface area (Å²) in [4.78, 5) is -1.12. The van der Waals surface area contributed by atoms with Crippen LogP contribution >= 0.6 is 0 Å². The van der Waals surface area contributed by atoms with Crippen molar-refractivity contribution in [3.63, 3.8) is 0 Å². The third-order valence-corrected chi connectivity index (χ3v) is 6.74. The Morgan fingerprint density at radius 2 is 1.56 bits per heavy atom. The van der Waals surface area contributed by atoms with E-state index in [1.165, 1.54) is 24.3 Å². The highest BCUT2D eigenvalue weighted by atomic mass is 32.2. The number of anilines is 1. The summed E-state index contributed by atoms with van der Waals surface area (Å²) in [5.41, 5.74) is -1.47. The predicted octanol–water partition coefficient (Wildman–Crippen LogP) is 2.95. The highest BCUT2D eigenvalue weighted by molar-refractivity contribution is 7.92. The molecule has 1 fully saturated rings. The van der Waals surface area contributed by atoms with E-state index in [-0.39, 0.29) is 16.6 Å². The second-order valence-corrected chi connectivity index (χ2v) is 9.39. The molecule has 0 bridgehead atoms. The molecule has 0 saturated heterocycles. The van der Waals surface area contributed by atoms with Crippen LogP contribution in [0.15, 0.2) is 58.3 Å². The molecule has 1 aliphatic rings. The molecule has 2 N–H and O–H groups in total. The molecule has 1 aliphatic carbocycles. The number of halogens is 3.